The normalized spacial score (nSPS) is 12.2. The zero-order valence-corrected chi connectivity index (χ0v) is 15.6. The number of quaternary nitrogens is 1. The van der Waals surface area contributed by atoms with E-state index in [4.69, 9.17) is 11.6 Å². The molecule has 134 valence electrons. The lowest BCUT2D eigenvalue weighted by Crippen LogP contribution is -3.06. The Hall–Kier alpha value is -2.63. The molecule has 5 nitrogen and oxygen atoms in total. The maximum atomic E-state index is 12.6. The molecule has 0 spiro atoms. The van der Waals surface area contributed by atoms with E-state index in [1.807, 2.05) is 48.5 Å². The van der Waals surface area contributed by atoms with Gasteiger partial charge in [-0.1, -0.05) is 60.1 Å². The molecule has 0 unspecified atom stereocenters. The second kappa shape index (κ2) is 8.17. The van der Waals surface area contributed by atoms with Crippen LogP contribution in [0.2, 0.25) is 5.02 Å². The van der Waals surface area contributed by atoms with E-state index >= 15 is 0 Å². The Morgan fingerprint density at radius 3 is 2.31 bits per heavy atom. The molecule has 0 fully saturated rings. The van der Waals surface area contributed by atoms with Crippen molar-refractivity contribution in [1.82, 2.24) is 9.78 Å². The van der Waals surface area contributed by atoms with Gasteiger partial charge in [-0.3, -0.25) is 4.79 Å². The molecule has 0 saturated heterocycles. The molecule has 6 heteroatoms. The van der Waals surface area contributed by atoms with Gasteiger partial charge in [-0.2, -0.15) is 9.78 Å². The molecule has 1 heterocycles. The molecule has 1 atom stereocenters. The molecule has 0 aliphatic carbocycles. The monoisotopic (exact) mass is 369 g/mol. The van der Waals surface area contributed by atoms with Crippen molar-refractivity contribution >= 4 is 17.3 Å². The van der Waals surface area contributed by atoms with E-state index in [1.54, 1.807) is 6.20 Å². The minimum atomic E-state index is -0.337. The standard InChI is InChI=1S/C20H21ClN4O/c1-24(2)18(15-9-5-3-6-10-15)14-22-17-13-23-25(20(26)19(17)21)16-11-7-4-8-12-16/h3-13,18,22H,14H2,1-2H3/p+1/t18-/m0/s1. The van der Waals surface area contributed by atoms with E-state index in [1.165, 1.54) is 15.1 Å². The third-order valence-corrected chi connectivity index (χ3v) is 4.68. The first-order chi connectivity index (χ1) is 12.6. The number of para-hydroxylation sites is 1. The third-order valence-electron chi connectivity index (χ3n) is 4.32. The molecule has 3 aromatic rings. The predicted molar refractivity (Wildman–Crippen MR) is 105 cm³/mol. The molecular formula is C20H22ClN4O+. The highest BCUT2D eigenvalue weighted by Gasteiger charge is 2.18. The van der Waals surface area contributed by atoms with Gasteiger partial charge < -0.3 is 10.2 Å². The summed E-state index contributed by atoms with van der Waals surface area (Å²) in [7, 11) is 4.21. The first-order valence-corrected chi connectivity index (χ1v) is 8.88. The smallest absolute Gasteiger partial charge is 0.292 e. The number of nitrogens with one attached hydrogen (secondary N) is 2. The number of benzene rings is 2. The Balaban J connectivity index is 1.82. The summed E-state index contributed by atoms with van der Waals surface area (Å²) < 4.78 is 1.30. The van der Waals surface area contributed by atoms with Gasteiger partial charge in [-0.05, 0) is 12.1 Å². The van der Waals surface area contributed by atoms with Crippen molar-refractivity contribution in [3.05, 3.63) is 87.8 Å². The Labute approximate surface area is 157 Å². The molecular weight excluding hydrogens is 348 g/mol. The van der Waals surface area contributed by atoms with Crippen LogP contribution in [0.15, 0.2) is 71.7 Å². The largest absolute Gasteiger partial charge is 0.376 e. The maximum Gasteiger partial charge on any atom is 0.292 e. The van der Waals surface area contributed by atoms with Crippen molar-refractivity contribution in [3.63, 3.8) is 0 Å². The highest BCUT2D eigenvalue weighted by Crippen LogP contribution is 2.18. The first kappa shape index (κ1) is 18.2. The Kier molecular flexibility index (Phi) is 5.71. The fraction of sp³-hybridized carbons (Fsp3) is 0.200. The third kappa shape index (κ3) is 3.95. The van der Waals surface area contributed by atoms with Gasteiger partial charge in [0, 0.05) is 5.56 Å². The summed E-state index contributed by atoms with van der Waals surface area (Å²) in [6.07, 6.45) is 1.60. The fourth-order valence-electron chi connectivity index (χ4n) is 2.86. The summed E-state index contributed by atoms with van der Waals surface area (Å²) in [6, 6.07) is 19.7. The Morgan fingerprint density at radius 2 is 1.69 bits per heavy atom. The van der Waals surface area contributed by atoms with Crippen LogP contribution in [0.1, 0.15) is 11.6 Å². The van der Waals surface area contributed by atoms with Crippen molar-refractivity contribution < 1.29 is 4.90 Å². The number of halogens is 1. The average Bonchev–Trinajstić information content (AvgIpc) is 2.66. The molecule has 26 heavy (non-hydrogen) atoms. The fourth-order valence-corrected chi connectivity index (χ4v) is 3.06. The van der Waals surface area contributed by atoms with Crippen molar-refractivity contribution in [2.75, 3.05) is 26.0 Å². The van der Waals surface area contributed by atoms with E-state index in [0.29, 0.717) is 17.9 Å². The maximum absolute atomic E-state index is 12.6. The van der Waals surface area contributed by atoms with Crippen molar-refractivity contribution in [3.8, 4) is 5.69 Å². The lowest BCUT2D eigenvalue weighted by atomic mass is 10.1. The van der Waals surface area contributed by atoms with Crippen molar-refractivity contribution in [1.29, 1.82) is 0 Å². The average molecular weight is 370 g/mol. The molecule has 0 bridgehead atoms. The first-order valence-electron chi connectivity index (χ1n) is 8.50. The second-order valence-electron chi connectivity index (χ2n) is 6.35. The summed E-state index contributed by atoms with van der Waals surface area (Å²) in [4.78, 5) is 13.8. The van der Waals surface area contributed by atoms with Crippen LogP contribution in [0.3, 0.4) is 0 Å². The van der Waals surface area contributed by atoms with Gasteiger partial charge in [0.05, 0.1) is 38.2 Å². The number of rotatable bonds is 6. The molecule has 0 saturated carbocycles. The molecule has 2 N–H and O–H groups in total. The van der Waals surface area contributed by atoms with E-state index in [9.17, 15) is 4.79 Å². The van der Waals surface area contributed by atoms with Gasteiger partial charge in [-0.15, -0.1) is 0 Å². The second-order valence-corrected chi connectivity index (χ2v) is 6.72. The van der Waals surface area contributed by atoms with Crippen LogP contribution >= 0.6 is 11.6 Å². The lowest BCUT2D eigenvalue weighted by molar-refractivity contribution is -0.890. The van der Waals surface area contributed by atoms with E-state index < -0.39 is 0 Å². The Bertz CT molecular complexity index is 910. The van der Waals surface area contributed by atoms with Crippen LogP contribution in [-0.2, 0) is 0 Å². The zero-order valence-electron chi connectivity index (χ0n) is 14.8. The zero-order chi connectivity index (χ0) is 18.5. The predicted octanol–water partition coefficient (Wildman–Crippen LogP) is 2.18. The van der Waals surface area contributed by atoms with Gasteiger partial charge >= 0.3 is 0 Å². The van der Waals surface area contributed by atoms with Crippen LogP contribution < -0.4 is 15.8 Å². The van der Waals surface area contributed by atoms with Gasteiger partial charge in [0.2, 0.25) is 0 Å². The number of hydrogen-bond donors (Lipinski definition) is 2. The summed E-state index contributed by atoms with van der Waals surface area (Å²) >= 11 is 6.31. The quantitative estimate of drug-likeness (QED) is 0.700. The molecule has 2 aromatic carbocycles. The topological polar surface area (TPSA) is 51.4 Å². The minimum Gasteiger partial charge on any atom is -0.376 e. The van der Waals surface area contributed by atoms with Gasteiger partial charge in [0.1, 0.15) is 11.1 Å². The lowest BCUT2D eigenvalue weighted by Gasteiger charge is -2.23. The number of likely N-dealkylation sites (N-methyl/N-ethyl adjacent to an activating group) is 1. The number of aromatic nitrogens is 2. The summed E-state index contributed by atoms with van der Waals surface area (Å²) in [5.74, 6) is 0. The number of anilines is 1. The van der Waals surface area contributed by atoms with Crippen molar-refractivity contribution in [2.24, 2.45) is 0 Å². The van der Waals surface area contributed by atoms with E-state index in [-0.39, 0.29) is 16.6 Å². The number of hydrogen-bond acceptors (Lipinski definition) is 3. The van der Waals surface area contributed by atoms with E-state index in [0.717, 1.165) is 0 Å². The van der Waals surface area contributed by atoms with Crippen LogP contribution in [-0.4, -0.2) is 30.4 Å². The molecule has 0 amide bonds. The molecule has 0 radical (unpaired) electrons. The molecule has 3 rings (SSSR count). The van der Waals surface area contributed by atoms with Crippen LogP contribution in [0.25, 0.3) is 5.69 Å². The summed E-state index contributed by atoms with van der Waals surface area (Å²) in [5.41, 5.74) is 2.12. The highest BCUT2D eigenvalue weighted by molar-refractivity contribution is 6.32. The molecule has 1 aromatic heterocycles. The highest BCUT2D eigenvalue weighted by atomic mass is 35.5. The van der Waals surface area contributed by atoms with E-state index in [2.05, 4.69) is 36.6 Å². The van der Waals surface area contributed by atoms with Gasteiger partial charge in [-0.25, -0.2) is 0 Å². The SMILES string of the molecule is C[NH+](C)[C@@H](CNc1cnn(-c2ccccc2)c(=O)c1Cl)c1ccccc1. The Morgan fingerprint density at radius 1 is 1.08 bits per heavy atom. The summed E-state index contributed by atoms with van der Waals surface area (Å²) in [6.45, 7) is 0.641. The van der Waals surface area contributed by atoms with Gasteiger partial charge in [0.25, 0.3) is 5.56 Å². The minimum absolute atomic E-state index is 0.143. The van der Waals surface area contributed by atoms with Crippen molar-refractivity contribution in [2.45, 2.75) is 6.04 Å². The molecule has 0 aliphatic heterocycles. The number of nitrogens with zero attached hydrogens (tertiary/aromatic N) is 2. The van der Waals surface area contributed by atoms with Crippen LogP contribution in [0.5, 0.6) is 0 Å². The summed E-state index contributed by atoms with van der Waals surface area (Å²) in [5, 5.41) is 7.68. The van der Waals surface area contributed by atoms with Gasteiger partial charge in [0.15, 0.2) is 0 Å². The van der Waals surface area contributed by atoms with Crippen LogP contribution in [0.4, 0.5) is 5.69 Å². The van der Waals surface area contributed by atoms with Crippen LogP contribution in [0, 0.1) is 0 Å². The molecule has 0 aliphatic rings.